The highest BCUT2D eigenvalue weighted by atomic mass is 16.5. The van der Waals surface area contributed by atoms with Gasteiger partial charge in [0.1, 0.15) is 6.61 Å². The quantitative estimate of drug-likeness (QED) is 0.837. The van der Waals surface area contributed by atoms with Crippen LogP contribution in [0.25, 0.3) is 0 Å². The Hall–Kier alpha value is -2.60. The second kappa shape index (κ2) is 6.53. The highest BCUT2D eigenvalue weighted by Gasteiger charge is 2.46. The van der Waals surface area contributed by atoms with Gasteiger partial charge >= 0.3 is 0 Å². The fourth-order valence-electron chi connectivity index (χ4n) is 4.47. The molecule has 5 rings (SSSR count). The second-order valence-electron chi connectivity index (χ2n) is 7.39. The molecule has 2 unspecified atom stereocenters. The molecule has 3 aliphatic rings. The average Bonchev–Trinajstić information content (AvgIpc) is 2.94. The Balaban J connectivity index is 1.58. The van der Waals surface area contributed by atoms with E-state index >= 15 is 0 Å². The summed E-state index contributed by atoms with van der Waals surface area (Å²) in [5.41, 5.74) is 2.06. The number of nitrogens with zero attached hydrogens (tertiary/aromatic N) is 2. The van der Waals surface area contributed by atoms with Crippen LogP contribution >= 0.6 is 0 Å². The molecule has 0 aliphatic carbocycles. The van der Waals surface area contributed by atoms with Gasteiger partial charge in [-0.05, 0) is 31.2 Å². The SMILES string of the molecule is O=C1c2c(OCc3ccccc3)c(=O)cc3n2C(CC3)C2OCCCCN12. The van der Waals surface area contributed by atoms with Crippen LogP contribution < -0.4 is 10.2 Å². The molecule has 1 saturated heterocycles. The predicted molar refractivity (Wildman–Crippen MR) is 98.8 cm³/mol. The first kappa shape index (κ1) is 16.6. The summed E-state index contributed by atoms with van der Waals surface area (Å²) < 4.78 is 14.0. The number of amides is 1. The fourth-order valence-corrected chi connectivity index (χ4v) is 4.47. The topological polar surface area (TPSA) is 60.8 Å². The number of carbonyl (C=O) groups excluding carboxylic acids is 1. The van der Waals surface area contributed by atoms with Crippen LogP contribution in [-0.2, 0) is 17.8 Å². The van der Waals surface area contributed by atoms with Gasteiger partial charge in [0, 0.05) is 24.9 Å². The van der Waals surface area contributed by atoms with Crippen molar-refractivity contribution in [2.75, 3.05) is 13.2 Å². The molecule has 4 heterocycles. The largest absolute Gasteiger partial charge is 0.483 e. The van der Waals surface area contributed by atoms with Crippen molar-refractivity contribution in [3.63, 3.8) is 0 Å². The second-order valence-corrected chi connectivity index (χ2v) is 7.39. The lowest BCUT2D eigenvalue weighted by atomic mass is 10.1. The highest BCUT2D eigenvalue weighted by Crippen LogP contribution is 2.40. The summed E-state index contributed by atoms with van der Waals surface area (Å²) in [4.78, 5) is 27.9. The van der Waals surface area contributed by atoms with E-state index in [9.17, 15) is 9.59 Å². The number of hydrogen-bond donors (Lipinski definition) is 0. The number of aromatic nitrogens is 1. The maximum Gasteiger partial charge on any atom is 0.276 e. The monoisotopic (exact) mass is 366 g/mol. The van der Waals surface area contributed by atoms with E-state index in [0.717, 1.165) is 36.9 Å². The molecule has 0 spiro atoms. The lowest BCUT2D eigenvalue weighted by Crippen LogP contribution is -2.51. The molecule has 6 nitrogen and oxygen atoms in total. The molecule has 6 heteroatoms. The lowest BCUT2D eigenvalue weighted by Gasteiger charge is -2.40. The lowest BCUT2D eigenvalue weighted by molar-refractivity contribution is -0.0685. The third kappa shape index (κ3) is 2.67. The molecule has 1 aromatic heterocycles. The van der Waals surface area contributed by atoms with Crippen molar-refractivity contribution >= 4 is 5.91 Å². The summed E-state index contributed by atoms with van der Waals surface area (Å²) in [5, 5.41) is 0. The van der Waals surface area contributed by atoms with E-state index in [1.165, 1.54) is 0 Å². The first-order valence-corrected chi connectivity index (χ1v) is 9.62. The Morgan fingerprint density at radius 1 is 1.15 bits per heavy atom. The molecule has 0 radical (unpaired) electrons. The van der Waals surface area contributed by atoms with Gasteiger partial charge in [-0.1, -0.05) is 30.3 Å². The van der Waals surface area contributed by atoms with Crippen LogP contribution in [0, 0.1) is 0 Å². The number of hydrogen-bond acceptors (Lipinski definition) is 4. The molecule has 0 bridgehead atoms. The van der Waals surface area contributed by atoms with E-state index in [-0.39, 0.29) is 36.0 Å². The van der Waals surface area contributed by atoms with Crippen molar-refractivity contribution in [1.29, 1.82) is 0 Å². The standard InChI is InChI=1S/C21H22N2O4/c24-17-12-15-8-9-16-21-22(10-4-5-11-26-21)20(25)18(23(15)16)19(17)27-13-14-6-2-1-3-7-14/h1-3,6-7,12,16,21H,4-5,8-11,13H2. The van der Waals surface area contributed by atoms with E-state index in [0.29, 0.717) is 18.8 Å². The Kier molecular flexibility index (Phi) is 4.01. The van der Waals surface area contributed by atoms with E-state index in [1.54, 1.807) is 11.0 Å². The van der Waals surface area contributed by atoms with Gasteiger partial charge in [0.15, 0.2) is 17.7 Å². The van der Waals surface area contributed by atoms with Gasteiger partial charge in [0.05, 0.1) is 6.04 Å². The summed E-state index contributed by atoms with van der Waals surface area (Å²) in [5.74, 6) is 0.0178. The summed E-state index contributed by atoms with van der Waals surface area (Å²) >= 11 is 0. The molecule has 3 aliphatic heterocycles. The number of rotatable bonds is 3. The van der Waals surface area contributed by atoms with E-state index < -0.39 is 0 Å². The summed E-state index contributed by atoms with van der Waals surface area (Å²) in [7, 11) is 0. The van der Waals surface area contributed by atoms with E-state index in [2.05, 4.69) is 0 Å². The molecule has 1 amide bonds. The predicted octanol–water partition coefficient (Wildman–Crippen LogP) is 2.51. The zero-order valence-electron chi connectivity index (χ0n) is 15.1. The molecule has 0 saturated carbocycles. The van der Waals surface area contributed by atoms with Crippen molar-refractivity contribution in [2.45, 2.75) is 44.6 Å². The van der Waals surface area contributed by atoms with Gasteiger partial charge in [-0.2, -0.15) is 0 Å². The number of fused-ring (bicyclic) bond motifs is 2. The Labute approximate surface area is 157 Å². The minimum atomic E-state index is -0.238. The molecule has 1 aromatic carbocycles. The van der Waals surface area contributed by atoms with Gasteiger partial charge in [-0.3, -0.25) is 9.59 Å². The molecule has 2 aromatic rings. The number of pyridine rings is 1. The van der Waals surface area contributed by atoms with E-state index in [1.807, 2.05) is 34.9 Å². The van der Waals surface area contributed by atoms with Crippen LogP contribution in [0.15, 0.2) is 41.2 Å². The maximum absolute atomic E-state index is 13.3. The van der Waals surface area contributed by atoms with Gasteiger partial charge < -0.3 is 18.9 Å². The number of benzene rings is 1. The maximum atomic E-state index is 13.3. The zero-order chi connectivity index (χ0) is 18.4. The van der Waals surface area contributed by atoms with Crippen molar-refractivity contribution in [3.8, 4) is 5.75 Å². The van der Waals surface area contributed by atoms with Crippen molar-refractivity contribution in [3.05, 3.63) is 63.6 Å². The fraction of sp³-hybridized carbons (Fsp3) is 0.429. The van der Waals surface area contributed by atoms with Gasteiger partial charge in [-0.25, -0.2) is 0 Å². The number of aryl methyl sites for hydroxylation is 1. The third-order valence-corrected chi connectivity index (χ3v) is 5.72. The van der Waals surface area contributed by atoms with Crippen LogP contribution in [0.5, 0.6) is 5.75 Å². The molecular formula is C21H22N2O4. The number of carbonyl (C=O) groups is 1. The molecule has 0 N–H and O–H groups in total. The van der Waals surface area contributed by atoms with Crippen molar-refractivity contribution < 1.29 is 14.3 Å². The Morgan fingerprint density at radius 3 is 2.85 bits per heavy atom. The smallest absolute Gasteiger partial charge is 0.276 e. The van der Waals surface area contributed by atoms with Crippen LogP contribution in [0.2, 0.25) is 0 Å². The first-order valence-electron chi connectivity index (χ1n) is 9.62. The number of ether oxygens (including phenoxy) is 2. The minimum Gasteiger partial charge on any atom is -0.483 e. The third-order valence-electron chi connectivity index (χ3n) is 5.72. The molecule has 2 atom stereocenters. The Bertz CT molecular complexity index is 937. The van der Waals surface area contributed by atoms with Crippen LogP contribution in [0.3, 0.4) is 0 Å². The van der Waals surface area contributed by atoms with Crippen LogP contribution in [0.4, 0.5) is 0 Å². The molecule has 140 valence electrons. The summed E-state index contributed by atoms with van der Waals surface area (Å²) in [6.45, 7) is 1.60. The summed E-state index contributed by atoms with van der Waals surface area (Å²) in [6, 6.07) is 11.4. The van der Waals surface area contributed by atoms with Gasteiger partial charge in [0.25, 0.3) is 5.91 Å². The van der Waals surface area contributed by atoms with Crippen LogP contribution in [-0.4, -0.2) is 34.8 Å². The van der Waals surface area contributed by atoms with Crippen molar-refractivity contribution in [1.82, 2.24) is 9.47 Å². The van der Waals surface area contributed by atoms with Gasteiger partial charge in [0.2, 0.25) is 5.43 Å². The first-order chi connectivity index (χ1) is 13.2. The highest BCUT2D eigenvalue weighted by molar-refractivity contribution is 5.96. The average molecular weight is 366 g/mol. The van der Waals surface area contributed by atoms with E-state index in [4.69, 9.17) is 9.47 Å². The molecule has 1 fully saturated rings. The van der Waals surface area contributed by atoms with Crippen molar-refractivity contribution in [2.24, 2.45) is 0 Å². The molecule has 27 heavy (non-hydrogen) atoms. The van der Waals surface area contributed by atoms with Gasteiger partial charge in [-0.15, -0.1) is 0 Å². The summed E-state index contributed by atoms with van der Waals surface area (Å²) in [6.07, 6.45) is 3.29. The minimum absolute atomic E-state index is 0.0606. The molecular weight excluding hydrogens is 344 g/mol. The normalized spacial score (nSPS) is 23.6. The zero-order valence-corrected chi connectivity index (χ0v) is 15.1. The Morgan fingerprint density at radius 2 is 2.00 bits per heavy atom. The van der Waals surface area contributed by atoms with Crippen LogP contribution in [0.1, 0.15) is 47.1 Å².